The first-order chi connectivity index (χ1) is 10.2. The number of nitrogens with one attached hydrogen (secondary N) is 3. The van der Waals surface area contributed by atoms with Crippen molar-refractivity contribution in [1.29, 1.82) is 0 Å². The number of hydrogen-bond acceptors (Lipinski definition) is 3. The van der Waals surface area contributed by atoms with E-state index in [9.17, 15) is 4.79 Å². The van der Waals surface area contributed by atoms with E-state index in [0.29, 0.717) is 12.2 Å². The zero-order chi connectivity index (χ0) is 14.7. The Kier molecular flexibility index (Phi) is 3.42. The minimum Gasteiger partial charge on any atom is -0.381 e. The zero-order valence-corrected chi connectivity index (χ0v) is 11.3. The molecule has 21 heavy (non-hydrogen) atoms. The molecule has 0 radical (unpaired) electrons. The molecule has 0 aliphatic heterocycles. The van der Waals surface area contributed by atoms with Gasteiger partial charge in [0.2, 0.25) is 0 Å². The number of anilines is 2. The lowest BCUT2D eigenvalue weighted by Gasteiger charge is -2.08. The number of pyridine rings is 1. The van der Waals surface area contributed by atoms with E-state index in [1.807, 2.05) is 36.5 Å². The molecule has 0 spiro atoms. The van der Waals surface area contributed by atoms with Crippen molar-refractivity contribution >= 4 is 28.4 Å². The minimum atomic E-state index is -0.574. The van der Waals surface area contributed by atoms with Gasteiger partial charge < -0.3 is 21.4 Å². The number of nitrogens with zero attached hydrogens (tertiary/aromatic N) is 1. The van der Waals surface area contributed by atoms with Gasteiger partial charge in [0.25, 0.3) is 0 Å². The van der Waals surface area contributed by atoms with Gasteiger partial charge in [-0.1, -0.05) is 6.07 Å². The van der Waals surface area contributed by atoms with Crippen LogP contribution in [0.5, 0.6) is 0 Å². The maximum atomic E-state index is 10.9. The second kappa shape index (κ2) is 5.54. The molecule has 6 heteroatoms. The number of hydrogen-bond donors (Lipinski definition) is 4. The van der Waals surface area contributed by atoms with Crippen LogP contribution in [-0.2, 0) is 6.54 Å². The molecule has 0 unspecified atom stereocenters. The van der Waals surface area contributed by atoms with E-state index in [-0.39, 0.29) is 0 Å². The van der Waals surface area contributed by atoms with E-state index in [4.69, 9.17) is 5.73 Å². The lowest BCUT2D eigenvalue weighted by molar-refractivity contribution is 0.259. The summed E-state index contributed by atoms with van der Waals surface area (Å²) >= 11 is 0. The van der Waals surface area contributed by atoms with Gasteiger partial charge in [0.15, 0.2) is 0 Å². The number of nitrogens with two attached hydrogens (primary N) is 1. The molecule has 3 aromatic rings. The lowest BCUT2D eigenvalue weighted by atomic mass is 10.2. The van der Waals surface area contributed by atoms with Crippen LogP contribution in [-0.4, -0.2) is 16.0 Å². The summed E-state index contributed by atoms with van der Waals surface area (Å²) in [5.74, 6) is 0. The Hall–Kier alpha value is -3.02. The fourth-order valence-electron chi connectivity index (χ4n) is 2.21. The van der Waals surface area contributed by atoms with Crippen LogP contribution in [0.15, 0.2) is 48.8 Å². The number of carbonyl (C=O) groups excluding carboxylic acids is 1. The molecule has 0 aliphatic carbocycles. The van der Waals surface area contributed by atoms with E-state index < -0.39 is 6.03 Å². The summed E-state index contributed by atoms with van der Waals surface area (Å²) in [5, 5.41) is 6.96. The number of benzene rings is 1. The molecule has 106 valence electrons. The molecule has 1 aromatic carbocycles. The summed E-state index contributed by atoms with van der Waals surface area (Å²) in [6.07, 6.45) is 3.70. The third kappa shape index (κ3) is 2.94. The van der Waals surface area contributed by atoms with Crippen LogP contribution in [0, 0.1) is 0 Å². The van der Waals surface area contributed by atoms with Crippen molar-refractivity contribution in [3.63, 3.8) is 0 Å². The van der Waals surface area contributed by atoms with Crippen LogP contribution in [0.1, 0.15) is 5.56 Å². The van der Waals surface area contributed by atoms with Crippen molar-refractivity contribution in [2.24, 2.45) is 5.73 Å². The summed E-state index contributed by atoms with van der Waals surface area (Å²) in [6.45, 7) is 0.658. The average Bonchev–Trinajstić information content (AvgIpc) is 2.88. The van der Waals surface area contributed by atoms with Gasteiger partial charge in [-0.2, -0.15) is 0 Å². The van der Waals surface area contributed by atoms with Gasteiger partial charge >= 0.3 is 6.03 Å². The van der Waals surface area contributed by atoms with Gasteiger partial charge in [-0.3, -0.25) is 0 Å². The highest BCUT2D eigenvalue weighted by Crippen LogP contribution is 2.19. The first-order valence-corrected chi connectivity index (χ1v) is 6.54. The summed E-state index contributed by atoms with van der Waals surface area (Å²) in [5.41, 5.74) is 8.67. The smallest absolute Gasteiger partial charge is 0.316 e. The number of amides is 2. The molecular formula is C15H15N5O. The van der Waals surface area contributed by atoms with Crippen molar-refractivity contribution < 1.29 is 4.79 Å². The van der Waals surface area contributed by atoms with Crippen LogP contribution in [0.25, 0.3) is 11.0 Å². The largest absolute Gasteiger partial charge is 0.381 e. The van der Waals surface area contributed by atoms with E-state index in [0.717, 1.165) is 22.3 Å². The van der Waals surface area contributed by atoms with E-state index >= 15 is 0 Å². The van der Waals surface area contributed by atoms with E-state index in [1.54, 1.807) is 12.3 Å². The highest BCUT2D eigenvalue weighted by atomic mass is 16.2. The average molecular weight is 281 g/mol. The maximum Gasteiger partial charge on any atom is 0.316 e. The Labute approximate surface area is 121 Å². The molecule has 0 fully saturated rings. The molecule has 0 aliphatic rings. The number of fused-ring (bicyclic) bond motifs is 1. The minimum absolute atomic E-state index is 0.574. The first kappa shape index (κ1) is 13.0. The quantitative estimate of drug-likeness (QED) is 0.592. The summed E-state index contributed by atoms with van der Waals surface area (Å²) in [4.78, 5) is 18.2. The van der Waals surface area contributed by atoms with Crippen molar-refractivity contribution in [3.8, 4) is 0 Å². The summed E-state index contributed by atoms with van der Waals surface area (Å²) in [6, 6.07) is 10.8. The fraction of sp³-hybridized carbons (Fsp3) is 0.0667. The number of aromatic nitrogens is 2. The number of rotatable bonds is 4. The van der Waals surface area contributed by atoms with Crippen molar-refractivity contribution in [2.75, 3.05) is 10.6 Å². The van der Waals surface area contributed by atoms with Crippen molar-refractivity contribution in [2.45, 2.75) is 6.54 Å². The van der Waals surface area contributed by atoms with Gasteiger partial charge in [0, 0.05) is 35.7 Å². The SMILES string of the molecule is NC(=O)Nc1cccc(NCc2c[nH]c3ncccc23)c1. The van der Waals surface area contributed by atoms with Crippen LogP contribution in [0.4, 0.5) is 16.2 Å². The molecule has 2 heterocycles. The number of aromatic amines is 1. The van der Waals surface area contributed by atoms with E-state index in [2.05, 4.69) is 20.6 Å². The highest BCUT2D eigenvalue weighted by molar-refractivity contribution is 5.88. The van der Waals surface area contributed by atoms with E-state index in [1.165, 1.54) is 0 Å². The second-order valence-electron chi connectivity index (χ2n) is 4.64. The third-order valence-corrected chi connectivity index (χ3v) is 3.15. The molecule has 6 nitrogen and oxygen atoms in total. The first-order valence-electron chi connectivity index (χ1n) is 6.54. The molecule has 3 rings (SSSR count). The molecule has 2 aromatic heterocycles. The predicted octanol–water partition coefficient (Wildman–Crippen LogP) is 2.67. The number of carbonyl (C=O) groups is 1. The summed E-state index contributed by atoms with van der Waals surface area (Å²) < 4.78 is 0. The van der Waals surface area contributed by atoms with Crippen molar-refractivity contribution in [1.82, 2.24) is 9.97 Å². The summed E-state index contributed by atoms with van der Waals surface area (Å²) in [7, 11) is 0. The Morgan fingerprint density at radius 3 is 2.95 bits per heavy atom. The fourth-order valence-corrected chi connectivity index (χ4v) is 2.21. The predicted molar refractivity (Wildman–Crippen MR) is 83.1 cm³/mol. The Balaban J connectivity index is 1.74. The van der Waals surface area contributed by atoms with Gasteiger partial charge in [-0.05, 0) is 35.9 Å². The number of H-pyrrole nitrogens is 1. The van der Waals surface area contributed by atoms with Crippen molar-refractivity contribution in [3.05, 3.63) is 54.4 Å². The lowest BCUT2D eigenvalue weighted by Crippen LogP contribution is -2.19. The van der Waals surface area contributed by atoms with Gasteiger partial charge in [-0.25, -0.2) is 9.78 Å². The van der Waals surface area contributed by atoms with Crippen LogP contribution in [0.3, 0.4) is 0 Å². The molecule has 2 amide bonds. The monoisotopic (exact) mass is 281 g/mol. The van der Waals surface area contributed by atoms with Gasteiger partial charge in [0.05, 0.1) is 0 Å². The van der Waals surface area contributed by atoms with Gasteiger partial charge in [0.1, 0.15) is 5.65 Å². The maximum absolute atomic E-state index is 10.9. The molecule has 0 bridgehead atoms. The molecule has 0 atom stereocenters. The van der Waals surface area contributed by atoms with Crippen LogP contribution < -0.4 is 16.4 Å². The Morgan fingerprint density at radius 1 is 1.24 bits per heavy atom. The Bertz CT molecular complexity index is 780. The van der Waals surface area contributed by atoms with Crippen LogP contribution >= 0.6 is 0 Å². The normalized spacial score (nSPS) is 10.5. The second-order valence-corrected chi connectivity index (χ2v) is 4.64. The molecule has 5 N–H and O–H groups in total. The number of primary amides is 1. The zero-order valence-electron chi connectivity index (χ0n) is 11.3. The number of urea groups is 1. The molecular weight excluding hydrogens is 266 g/mol. The molecule has 0 saturated heterocycles. The van der Waals surface area contributed by atoms with Crippen LogP contribution in [0.2, 0.25) is 0 Å². The Morgan fingerprint density at radius 2 is 2.10 bits per heavy atom. The highest BCUT2D eigenvalue weighted by Gasteiger charge is 2.04. The van der Waals surface area contributed by atoms with Gasteiger partial charge in [-0.15, -0.1) is 0 Å². The standard InChI is InChI=1S/C15H15N5O/c16-15(21)20-12-4-1-3-11(7-12)18-8-10-9-19-14-13(10)5-2-6-17-14/h1-7,9,18H,8H2,(H,17,19)(H3,16,20,21). The topological polar surface area (TPSA) is 95.8 Å². The third-order valence-electron chi connectivity index (χ3n) is 3.15. The molecule has 0 saturated carbocycles.